The summed E-state index contributed by atoms with van der Waals surface area (Å²) in [6.45, 7) is 8.26. The van der Waals surface area contributed by atoms with Gasteiger partial charge in [-0.2, -0.15) is 0 Å². The van der Waals surface area contributed by atoms with Crippen LogP contribution in [0, 0.1) is 0 Å². The molecule has 2 nitrogen and oxygen atoms in total. The minimum atomic E-state index is -3.18. The molecule has 0 N–H and O–H groups in total. The van der Waals surface area contributed by atoms with Gasteiger partial charge in [-0.05, 0) is 41.5 Å². The molecule has 1 atom stereocenters. The van der Waals surface area contributed by atoms with E-state index in [2.05, 4.69) is 43.6 Å². The van der Waals surface area contributed by atoms with Crippen molar-refractivity contribution >= 4 is 25.8 Å². The molecular formula is C14H21BrO2S. The lowest BCUT2D eigenvalue weighted by molar-refractivity contribution is 0.597. The van der Waals surface area contributed by atoms with Crippen LogP contribution in [0.2, 0.25) is 0 Å². The zero-order chi connectivity index (χ0) is 14.1. The molecule has 102 valence electrons. The highest BCUT2D eigenvalue weighted by Gasteiger charge is 2.20. The first-order chi connectivity index (χ1) is 8.18. The maximum atomic E-state index is 11.9. The second-order valence-corrected chi connectivity index (χ2v) is 7.99. The minimum Gasteiger partial charge on any atom is -0.224 e. The molecule has 0 spiro atoms. The molecule has 0 heterocycles. The largest absolute Gasteiger partial charge is 0.224 e. The average Bonchev–Trinajstić information content (AvgIpc) is 2.25. The van der Waals surface area contributed by atoms with Crippen LogP contribution < -0.4 is 0 Å². The van der Waals surface area contributed by atoms with E-state index in [1.54, 1.807) is 0 Å². The Labute approximate surface area is 119 Å². The van der Waals surface area contributed by atoms with Gasteiger partial charge in [0, 0.05) is 10.7 Å². The van der Waals surface area contributed by atoms with Gasteiger partial charge < -0.3 is 0 Å². The third kappa shape index (κ3) is 3.35. The van der Waals surface area contributed by atoms with Crippen LogP contribution in [0.15, 0.2) is 21.5 Å². The molecule has 0 bridgehead atoms. The monoisotopic (exact) mass is 332 g/mol. The summed E-state index contributed by atoms with van der Waals surface area (Å²) >= 11 is 3.55. The molecule has 1 aromatic carbocycles. The van der Waals surface area contributed by atoms with Crippen LogP contribution in [-0.4, -0.2) is 14.7 Å². The lowest BCUT2D eigenvalue weighted by Crippen LogP contribution is -2.07. The Balaban J connectivity index is 3.58. The van der Waals surface area contributed by atoms with Gasteiger partial charge in [-0.1, -0.05) is 43.6 Å². The molecule has 1 rings (SSSR count). The van der Waals surface area contributed by atoms with Crippen LogP contribution in [0.4, 0.5) is 0 Å². The third-order valence-corrected chi connectivity index (χ3v) is 5.13. The molecule has 0 aliphatic rings. The molecule has 0 fully saturated rings. The molecule has 1 aromatic rings. The van der Waals surface area contributed by atoms with Crippen LogP contribution >= 0.6 is 15.9 Å². The summed E-state index contributed by atoms with van der Waals surface area (Å²) in [5.41, 5.74) is 1.96. The number of hydrogen-bond acceptors (Lipinski definition) is 2. The number of sulfone groups is 1. The molecule has 18 heavy (non-hydrogen) atoms. The van der Waals surface area contributed by atoms with Gasteiger partial charge in [0.1, 0.15) is 0 Å². The third-order valence-electron chi connectivity index (χ3n) is 3.29. The Morgan fingerprint density at radius 3 is 2.11 bits per heavy atom. The number of benzene rings is 1. The molecule has 0 aliphatic carbocycles. The van der Waals surface area contributed by atoms with Crippen molar-refractivity contribution < 1.29 is 8.42 Å². The van der Waals surface area contributed by atoms with Gasteiger partial charge in [0.05, 0.1) is 4.90 Å². The molecule has 1 unspecified atom stereocenters. The van der Waals surface area contributed by atoms with Crippen LogP contribution in [0.1, 0.15) is 57.1 Å². The Morgan fingerprint density at radius 1 is 1.17 bits per heavy atom. The maximum absolute atomic E-state index is 11.9. The standard InChI is InChI=1S/C14H21BrO2S/c1-6-10(4)12-7-13(15)11(9(2)3)8-14(12)18(5,16)17/h7-10H,6H2,1-5H3. The van der Waals surface area contributed by atoms with Crippen molar-refractivity contribution in [1.29, 1.82) is 0 Å². The van der Waals surface area contributed by atoms with Crippen LogP contribution in [0.3, 0.4) is 0 Å². The normalized spacial score (nSPS) is 13.9. The van der Waals surface area contributed by atoms with Crippen molar-refractivity contribution in [2.75, 3.05) is 6.26 Å². The van der Waals surface area contributed by atoms with Gasteiger partial charge >= 0.3 is 0 Å². The molecule has 0 amide bonds. The van der Waals surface area contributed by atoms with Crippen LogP contribution in [0.5, 0.6) is 0 Å². The molecule has 0 radical (unpaired) electrons. The lowest BCUT2D eigenvalue weighted by atomic mass is 9.94. The number of rotatable bonds is 4. The number of hydrogen-bond donors (Lipinski definition) is 0. The van der Waals surface area contributed by atoms with Crippen molar-refractivity contribution in [1.82, 2.24) is 0 Å². The van der Waals surface area contributed by atoms with Crippen molar-refractivity contribution in [3.05, 3.63) is 27.7 Å². The molecule has 4 heteroatoms. The first kappa shape index (κ1) is 15.7. The maximum Gasteiger partial charge on any atom is 0.175 e. The van der Waals surface area contributed by atoms with Gasteiger partial charge in [0.25, 0.3) is 0 Å². The van der Waals surface area contributed by atoms with Crippen molar-refractivity contribution in [2.45, 2.75) is 50.8 Å². The van der Waals surface area contributed by atoms with Crippen LogP contribution in [-0.2, 0) is 9.84 Å². The number of halogens is 1. The van der Waals surface area contributed by atoms with Gasteiger partial charge in [-0.15, -0.1) is 0 Å². The topological polar surface area (TPSA) is 34.1 Å². The molecule has 0 saturated heterocycles. The Morgan fingerprint density at radius 2 is 1.72 bits per heavy atom. The van der Waals surface area contributed by atoms with Crippen LogP contribution in [0.25, 0.3) is 0 Å². The zero-order valence-electron chi connectivity index (χ0n) is 11.6. The molecular weight excluding hydrogens is 312 g/mol. The van der Waals surface area contributed by atoms with E-state index in [-0.39, 0.29) is 5.92 Å². The summed E-state index contributed by atoms with van der Waals surface area (Å²) in [4.78, 5) is 0.476. The van der Waals surface area contributed by atoms with Gasteiger partial charge in [0.2, 0.25) is 0 Å². The fourth-order valence-electron chi connectivity index (χ4n) is 1.95. The smallest absolute Gasteiger partial charge is 0.175 e. The Bertz CT molecular complexity index is 533. The van der Waals surface area contributed by atoms with E-state index in [4.69, 9.17) is 0 Å². The fourth-order valence-corrected chi connectivity index (χ4v) is 3.80. The summed E-state index contributed by atoms with van der Waals surface area (Å²) in [5, 5.41) is 0. The first-order valence-corrected chi connectivity index (χ1v) is 8.90. The summed E-state index contributed by atoms with van der Waals surface area (Å²) in [6, 6.07) is 3.80. The quantitative estimate of drug-likeness (QED) is 0.813. The van der Waals surface area contributed by atoms with Crippen molar-refractivity contribution in [3.63, 3.8) is 0 Å². The second-order valence-electron chi connectivity index (χ2n) is 5.15. The fraction of sp³-hybridized carbons (Fsp3) is 0.571. The van der Waals surface area contributed by atoms with E-state index in [1.807, 2.05) is 12.1 Å². The summed E-state index contributed by atoms with van der Waals surface area (Å²) < 4.78 is 24.9. The Hall–Kier alpha value is -0.350. The summed E-state index contributed by atoms with van der Waals surface area (Å²) in [5.74, 6) is 0.540. The zero-order valence-corrected chi connectivity index (χ0v) is 14.0. The van der Waals surface area contributed by atoms with E-state index in [0.717, 1.165) is 22.0 Å². The summed E-state index contributed by atoms with van der Waals surface area (Å²) in [7, 11) is -3.18. The SMILES string of the molecule is CCC(C)c1cc(Br)c(C(C)C)cc1S(C)(=O)=O. The highest BCUT2D eigenvalue weighted by molar-refractivity contribution is 9.10. The van der Waals surface area contributed by atoms with Crippen molar-refractivity contribution in [2.24, 2.45) is 0 Å². The van der Waals surface area contributed by atoms with Gasteiger partial charge in [-0.3, -0.25) is 0 Å². The molecule has 0 aromatic heterocycles. The Kier molecular flexibility index (Phi) is 5.01. The van der Waals surface area contributed by atoms with E-state index < -0.39 is 9.84 Å². The minimum absolute atomic E-state index is 0.243. The highest BCUT2D eigenvalue weighted by Crippen LogP contribution is 2.34. The predicted octanol–water partition coefficient (Wildman–Crippen LogP) is 4.49. The van der Waals surface area contributed by atoms with E-state index >= 15 is 0 Å². The van der Waals surface area contributed by atoms with Crippen molar-refractivity contribution in [3.8, 4) is 0 Å². The predicted molar refractivity (Wildman–Crippen MR) is 80.0 cm³/mol. The van der Waals surface area contributed by atoms with Gasteiger partial charge in [-0.25, -0.2) is 8.42 Å². The van der Waals surface area contributed by atoms with E-state index in [1.165, 1.54) is 6.26 Å². The van der Waals surface area contributed by atoms with E-state index in [9.17, 15) is 8.42 Å². The second kappa shape index (κ2) is 5.74. The van der Waals surface area contributed by atoms with Gasteiger partial charge in [0.15, 0.2) is 9.84 Å². The first-order valence-electron chi connectivity index (χ1n) is 6.21. The lowest BCUT2D eigenvalue weighted by Gasteiger charge is -2.18. The molecule has 0 saturated carbocycles. The average molecular weight is 333 g/mol. The highest BCUT2D eigenvalue weighted by atomic mass is 79.9. The molecule has 0 aliphatic heterocycles. The summed E-state index contributed by atoms with van der Waals surface area (Å²) in [6.07, 6.45) is 2.21. The van der Waals surface area contributed by atoms with E-state index in [0.29, 0.717) is 10.8 Å².